The molecule has 2 aromatic rings. The molecule has 32 heavy (non-hydrogen) atoms. The zero-order chi connectivity index (χ0) is 23.4. The SMILES string of the molecule is COCCOc1ccc(NC(=O)C2(C)COC(c3ccc(Cl)cc3)OC2)cc1C(F)(F)F. The number of hydrogen-bond acceptors (Lipinski definition) is 5. The summed E-state index contributed by atoms with van der Waals surface area (Å²) in [4.78, 5) is 12.8. The first-order valence-electron chi connectivity index (χ1n) is 9.75. The monoisotopic (exact) mass is 473 g/mol. The fraction of sp³-hybridized carbons (Fsp3) is 0.409. The number of ether oxygens (including phenoxy) is 4. The van der Waals surface area contributed by atoms with Crippen molar-refractivity contribution in [3.8, 4) is 5.75 Å². The van der Waals surface area contributed by atoms with Crippen molar-refractivity contribution in [2.75, 3.05) is 38.9 Å². The molecule has 0 saturated carbocycles. The fourth-order valence-electron chi connectivity index (χ4n) is 3.02. The summed E-state index contributed by atoms with van der Waals surface area (Å²) in [7, 11) is 1.42. The predicted molar refractivity (Wildman–Crippen MR) is 112 cm³/mol. The summed E-state index contributed by atoms with van der Waals surface area (Å²) in [6.07, 6.45) is -5.32. The third-order valence-corrected chi connectivity index (χ3v) is 5.14. The molecule has 1 aliphatic rings. The van der Waals surface area contributed by atoms with Gasteiger partial charge in [-0.3, -0.25) is 4.79 Å². The third kappa shape index (κ3) is 5.92. The summed E-state index contributed by atoms with van der Waals surface area (Å²) in [6, 6.07) is 10.3. The van der Waals surface area contributed by atoms with Crippen molar-refractivity contribution in [2.24, 2.45) is 5.41 Å². The van der Waals surface area contributed by atoms with Gasteiger partial charge in [0.25, 0.3) is 0 Å². The van der Waals surface area contributed by atoms with E-state index >= 15 is 0 Å². The minimum atomic E-state index is -4.66. The van der Waals surface area contributed by atoms with Crippen LogP contribution in [0.5, 0.6) is 5.75 Å². The second kappa shape index (κ2) is 10.1. The van der Waals surface area contributed by atoms with E-state index in [1.54, 1.807) is 31.2 Å². The Kier molecular flexibility index (Phi) is 7.66. The van der Waals surface area contributed by atoms with E-state index < -0.39 is 29.4 Å². The average molecular weight is 474 g/mol. The lowest BCUT2D eigenvalue weighted by atomic mass is 9.90. The Labute approximate surface area is 188 Å². The molecule has 174 valence electrons. The number of amides is 1. The Morgan fingerprint density at radius 1 is 1.16 bits per heavy atom. The molecule has 1 amide bonds. The quantitative estimate of drug-likeness (QED) is 0.568. The van der Waals surface area contributed by atoms with Crippen molar-refractivity contribution in [1.29, 1.82) is 0 Å². The highest BCUT2D eigenvalue weighted by molar-refractivity contribution is 6.30. The van der Waals surface area contributed by atoms with Gasteiger partial charge < -0.3 is 24.3 Å². The molecule has 1 N–H and O–H groups in total. The van der Waals surface area contributed by atoms with Crippen LogP contribution in [-0.2, 0) is 25.2 Å². The van der Waals surface area contributed by atoms with Crippen molar-refractivity contribution in [2.45, 2.75) is 19.4 Å². The van der Waals surface area contributed by atoms with Gasteiger partial charge in [-0.25, -0.2) is 0 Å². The van der Waals surface area contributed by atoms with Crippen molar-refractivity contribution < 1.29 is 36.9 Å². The van der Waals surface area contributed by atoms with E-state index in [0.29, 0.717) is 5.02 Å². The van der Waals surface area contributed by atoms with Crippen molar-refractivity contribution >= 4 is 23.2 Å². The second-order valence-electron chi connectivity index (χ2n) is 7.57. The molecule has 0 aromatic heterocycles. The van der Waals surface area contributed by atoms with Crippen LogP contribution in [0.25, 0.3) is 0 Å². The molecule has 1 saturated heterocycles. The highest BCUT2D eigenvalue weighted by Crippen LogP contribution is 2.39. The zero-order valence-corrected chi connectivity index (χ0v) is 18.3. The zero-order valence-electron chi connectivity index (χ0n) is 17.5. The van der Waals surface area contributed by atoms with E-state index in [-0.39, 0.29) is 37.9 Å². The molecule has 0 unspecified atom stereocenters. The molecule has 1 aliphatic heterocycles. The van der Waals surface area contributed by atoms with Crippen LogP contribution in [0.4, 0.5) is 18.9 Å². The smallest absolute Gasteiger partial charge is 0.420 e. The van der Waals surface area contributed by atoms with Crippen molar-refractivity contribution in [3.05, 3.63) is 58.6 Å². The fourth-order valence-corrected chi connectivity index (χ4v) is 3.15. The number of anilines is 1. The summed E-state index contributed by atoms with van der Waals surface area (Å²) in [5.41, 5.74) is -1.34. The van der Waals surface area contributed by atoms with Crippen LogP contribution >= 0.6 is 11.6 Å². The van der Waals surface area contributed by atoms with E-state index in [4.69, 9.17) is 30.5 Å². The Morgan fingerprint density at radius 3 is 2.41 bits per heavy atom. The van der Waals surface area contributed by atoms with E-state index in [2.05, 4.69) is 5.32 Å². The van der Waals surface area contributed by atoms with E-state index in [1.165, 1.54) is 19.2 Å². The first-order chi connectivity index (χ1) is 15.1. The molecule has 0 spiro atoms. The van der Waals surface area contributed by atoms with E-state index in [9.17, 15) is 18.0 Å². The Morgan fingerprint density at radius 2 is 1.81 bits per heavy atom. The Bertz CT molecular complexity index is 928. The standard InChI is InChI=1S/C22H23ClF3NO5/c1-21(12-31-19(32-13-21)14-3-5-15(23)6-4-14)20(28)27-16-7-8-18(30-10-9-29-2)17(11-16)22(24,25)26/h3-8,11,19H,9-10,12-13H2,1-2H3,(H,27,28). The largest absolute Gasteiger partial charge is 0.491 e. The number of benzene rings is 2. The van der Waals surface area contributed by atoms with Gasteiger partial charge in [-0.05, 0) is 37.3 Å². The average Bonchev–Trinajstić information content (AvgIpc) is 2.75. The number of nitrogens with one attached hydrogen (secondary N) is 1. The van der Waals surface area contributed by atoms with E-state index in [0.717, 1.165) is 11.6 Å². The molecule has 3 rings (SSSR count). The van der Waals surface area contributed by atoms with Crippen LogP contribution in [-0.4, -0.2) is 39.4 Å². The van der Waals surface area contributed by atoms with Gasteiger partial charge in [0, 0.05) is 23.4 Å². The highest BCUT2D eigenvalue weighted by Gasteiger charge is 2.40. The molecule has 2 aromatic carbocycles. The number of carbonyl (C=O) groups excluding carboxylic acids is 1. The maximum atomic E-state index is 13.5. The van der Waals surface area contributed by atoms with Gasteiger partial charge in [-0.15, -0.1) is 0 Å². The van der Waals surface area contributed by atoms with Crippen LogP contribution in [0.3, 0.4) is 0 Å². The topological polar surface area (TPSA) is 66.0 Å². The number of halogens is 4. The van der Waals surface area contributed by atoms with Crippen LogP contribution in [0.15, 0.2) is 42.5 Å². The number of methoxy groups -OCH3 is 1. The number of hydrogen-bond donors (Lipinski definition) is 1. The van der Waals surface area contributed by atoms with E-state index in [1.807, 2.05) is 0 Å². The predicted octanol–water partition coefficient (Wildman–Crippen LogP) is 5.07. The maximum absolute atomic E-state index is 13.5. The first-order valence-corrected chi connectivity index (χ1v) is 10.1. The van der Waals surface area contributed by atoms with Gasteiger partial charge in [0.2, 0.25) is 5.91 Å². The lowest BCUT2D eigenvalue weighted by molar-refractivity contribution is -0.226. The van der Waals surface area contributed by atoms with Crippen LogP contribution in [0, 0.1) is 5.41 Å². The number of carbonyl (C=O) groups is 1. The normalized spacial score (nSPS) is 21.2. The molecule has 0 bridgehead atoms. The highest BCUT2D eigenvalue weighted by atomic mass is 35.5. The summed E-state index contributed by atoms with van der Waals surface area (Å²) in [5.74, 6) is -0.859. The molecule has 10 heteroatoms. The third-order valence-electron chi connectivity index (χ3n) is 4.88. The minimum absolute atomic E-state index is 0.0116. The maximum Gasteiger partial charge on any atom is 0.420 e. The molecule has 0 aliphatic carbocycles. The molecule has 0 radical (unpaired) electrons. The lowest BCUT2D eigenvalue weighted by Gasteiger charge is -2.36. The Balaban J connectivity index is 1.67. The van der Waals surface area contributed by atoms with Gasteiger partial charge in [-0.1, -0.05) is 23.7 Å². The molecule has 0 atom stereocenters. The van der Waals surface area contributed by atoms with Gasteiger partial charge in [-0.2, -0.15) is 13.2 Å². The number of rotatable bonds is 7. The molecule has 1 heterocycles. The van der Waals surface area contributed by atoms with Gasteiger partial charge >= 0.3 is 6.18 Å². The molecular weight excluding hydrogens is 451 g/mol. The lowest BCUT2D eigenvalue weighted by Crippen LogP contribution is -2.45. The van der Waals surface area contributed by atoms with Gasteiger partial charge in [0.05, 0.1) is 30.8 Å². The van der Waals surface area contributed by atoms with Crippen molar-refractivity contribution in [3.63, 3.8) is 0 Å². The first kappa shape index (κ1) is 24.3. The summed E-state index contributed by atoms with van der Waals surface area (Å²) < 4.78 is 61.7. The second-order valence-corrected chi connectivity index (χ2v) is 8.01. The number of alkyl halides is 3. The molecule has 1 fully saturated rings. The summed E-state index contributed by atoms with van der Waals surface area (Å²) >= 11 is 5.88. The van der Waals surface area contributed by atoms with Gasteiger partial charge in [0.15, 0.2) is 6.29 Å². The van der Waals surface area contributed by atoms with Gasteiger partial charge in [0.1, 0.15) is 12.4 Å². The molecular formula is C22H23ClF3NO5. The van der Waals surface area contributed by atoms with Crippen LogP contribution in [0.1, 0.15) is 24.3 Å². The van der Waals surface area contributed by atoms with Crippen molar-refractivity contribution in [1.82, 2.24) is 0 Å². The minimum Gasteiger partial charge on any atom is -0.491 e. The Hall–Kier alpha value is -2.33. The van der Waals surface area contributed by atoms with Crippen LogP contribution < -0.4 is 10.1 Å². The summed E-state index contributed by atoms with van der Waals surface area (Å²) in [5, 5.41) is 3.10. The molecule has 6 nitrogen and oxygen atoms in total. The summed E-state index contributed by atoms with van der Waals surface area (Å²) in [6.45, 7) is 1.78. The van der Waals surface area contributed by atoms with Crippen LogP contribution in [0.2, 0.25) is 5.02 Å².